The summed E-state index contributed by atoms with van der Waals surface area (Å²) in [6.45, 7) is 2.24. The van der Waals surface area contributed by atoms with Crippen LogP contribution in [0.5, 0.6) is 0 Å². The van der Waals surface area contributed by atoms with E-state index in [9.17, 15) is 9.18 Å². The molecule has 1 heterocycles. The van der Waals surface area contributed by atoms with Crippen molar-refractivity contribution < 1.29 is 9.18 Å². The lowest BCUT2D eigenvalue weighted by Crippen LogP contribution is -2.23. The average molecular weight is 424 g/mol. The molecule has 114 valence electrons. The van der Waals surface area contributed by atoms with Crippen molar-refractivity contribution in [3.05, 3.63) is 27.3 Å². The predicted molar refractivity (Wildman–Crippen MR) is 90.0 cm³/mol. The van der Waals surface area contributed by atoms with Gasteiger partial charge in [-0.05, 0) is 35.6 Å². The number of alkyl halides is 1. The molecule has 1 aromatic heterocycles. The fraction of sp³-hybridized carbons (Fsp3) is 0.429. The van der Waals surface area contributed by atoms with E-state index in [0.717, 1.165) is 0 Å². The molecule has 0 saturated carbocycles. The zero-order valence-corrected chi connectivity index (χ0v) is 14.9. The van der Waals surface area contributed by atoms with Crippen molar-refractivity contribution in [1.29, 1.82) is 0 Å². The summed E-state index contributed by atoms with van der Waals surface area (Å²) in [6.07, 6.45) is 0.322. The van der Waals surface area contributed by atoms with Gasteiger partial charge in [-0.1, -0.05) is 0 Å². The molecule has 0 aliphatic rings. The highest BCUT2D eigenvalue weighted by Gasteiger charge is 2.17. The summed E-state index contributed by atoms with van der Waals surface area (Å²) in [5.41, 5.74) is 1.36. The van der Waals surface area contributed by atoms with Gasteiger partial charge in [0.2, 0.25) is 5.91 Å². The molecule has 0 spiro atoms. The minimum atomic E-state index is -0.312. The van der Waals surface area contributed by atoms with Crippen LogP contribution >= 0.6 is 34.2 Å². The minimum Gasteiger partial charge on any atom is -0.349 e. The van der Waals surface area contributed by atoms with E-state index in [4.69, 9.17) is 11.6 Å². The predicted octanol–water partition coefficient (Wildman–Crippen LogP) is 3.56. The molecule has 4 nitrogen and oxygen atoms in total. The van der Waals surface area contributed by atoms with E-state index in [0.29, 0.717) is 33.4 Å². The molecule has 0 saturated heterocycles. The zero-order valence-electron chi connectivity index (χ0n) is 12.0. The van der Waals surface area contributed by atoms with Gasteiger partial charge in [-0.25, -0.2) is 9.37 Å². The fourth-order valence-corrected chi connectivity index (χ4v) is 2.73. The molecular weight excluding hydrogens is 408 g/mol. The molecule has 1 amide bonds. The standard InChI is InChI=1S/C14H16ClFIN3O/c1-8(15)14-18-11-7-10(17)9(16)6-12(11)20(14)5-4-13(21)19(2)3/h6-8H,4-5H2,1-3H3. The van der Waals surface area contributed by atoms with Crippen molar-refractivity contribution in [3.63, 3.8) is 0 Å². The van der Waals surface area contributed by atoms with Crippen molar-refractivity contribution in [2.45, 2.75) is 25.3 Å². The quantitative estimate of drug-likeness (QED) is 0.557. The molecule has 0 bridgehead atoms. The third-order valence-corrected chi connectivity index (χ3v) is 4.25. The molecule has 0 radical (unpaired) electrons. The zero-order chi connectivity index (χ0) is 15.7. The Morgan fingerprint density at radius 1 is 1.52 bits per heavy atom. The molecule has 1 atom stereocenters. The van der Waals surface area contributed by atoms with E-state index < -0.39 is 0 Å². The number of fused-ring (bicyclic) bond motifs is 1. The van der Waals surface area contributed by atoms with Gasteiger partial charge in [-0.15, -0.1) is 11.6 Å². The fourth-order valence-electron chi connectivity index (χ4n) is 2.11. The van der Waals surface area contributed by atoms with Crippen LogP contribution in [-0.4, -0.2) is 34.5 Å². The maximum atomic E-state index is 13.8. The summed E-state index contributed by atoms with van der Waals surface area (Å²) in [7, 11) is 3.42. The topological polar surface area (TPSA) is 38.1 Å². The monoisotopic (exact) mass is 423 g/mol. The summed E-state index contributed by atoms with van der Waals surface area (Å²) in [4.78, 5) is 17.8. The van der Waals surface area contributed by atoms with E-state index in [1.54, 1.807) is 20.2 Å². The van der Waals surface area contributed by atoms with Crippen molar-refractivity contribution in [1.82, 2.24) is 14.5 Å². The molecular formula is C14H16ClFIN3O. The molecule has 21 heavy (non-hydrogen) atoms. The third kappa shape index (κ3) is 3.48. The van der Waals surface area contributed by atoms with Crippen molar-refractivity contribution >= 4 is 51.1 Å². The number of carbonyl (C=O) groups excluding carboxylic acids is 1. The summed E-state index contributed by atoms with van der Waals surface area (Å²) in [5.74, 6) is 0.368. The first-order chi connectivity index (χ1) is 9.81. The molecule has 1 unspecified atom stereocenters. The lowest BCUT2D eigenvalue weighted by Gasteiger charge is -2.13. The number of amides is 1. The molecule has 7 heteroatoms. The molecule has 1 aromatic carbocycles. The molecule has 2 aromatic rings. The Morgan fingerprint density at radius 3 is 2.76 bits per heavy atom. The Hall–Kier alpha value is -0.890. The summed E-state index contributed by atoms with van der Waals surface area (Å²) in [6, 6.07) is 3.14. The van der Waals surface area contributed by atoms with Crippen LogP contribution in [0.4, 0.5) is 4.39 Å². The number of imidazole rings is 1. The van der Waals surface area contributed by atoms with E-state index in [-0.39, 0.29) is 17.1 Å². The number of nitrogens with zero attached hydrogens (tertiary/aromatic N) is 3. The van der Waals surface area contributed by atoms with Gasteiger partial charge in [0.05, 0.1) is 20.0 Å². The SMILES string of the molecule is CC(Cl)c1nc2cc(I)c(F)cc2n1CCC(=O)N(C)C. The lowest BCUT2D eigenvalue weighted by atomic mass is 10.3. The van der Waals surface area contributed by atoms with Gasteiger partial charge in [-0.3, -0.25) is 4.79 Å². The lowest BCUT2D eigenvalue weighted by molar-refractivity contribution is -0.128. The average Bonchev–Trinajstić information content (AvgIpc) is 2.74. The molecule has 0 N–H and O–H groups in total. The summed E-state index contributed by atoms with van der Waals surface area (Å²) >= 11 is 8.10. The maximum Gasteiger partial charge on any atom is 0.223 e. The van der Waals surface area contributed by atoms with Gasteiger partial charge in [0.25, 0.3) is 0 Å². The minimum absolute atomic E-state index is 0.0102. The second kappa shape index (κ2) is 6.48. The highest BCUT2D eigenvalue weighted by atomic mass is 127. The number of hydrogen-bond donors (Lipinski definition) is 0. The molecule has 0 fully saturated rings. The van der Waals surface area contributed by atoms with E-state index in [1.165, 1.54) is 11.0 Å². The Bertz CT molecular complexity index is 684. The number of carbonyl (C=O) groups is 1. The Morgan fingerprint density at radius 2 is 2.19 bits per heavy atom. The van der Waals surface area contributed by atoms with Crippen molar-refractivity contribution in [3.8, 4) is 0 Å². The van der Waals surface area contributed by atoms with Gasteiger partial charge >= 0.3 is 0 Å². The maximum absolute atomic E-state index is 13.8. The first-order valence-electron chi connectivity index (χ1n) is 6.50. The highest BCUT2D eigenvalue weighted by Crippen LogP contribution is 2.27. The molecule has 0 aliphatic carbocycles. The Kier molecular flexibility index (Phi) is 5.08. The van der Waals surface area contributed by atoms with Gasteiger partial charge in [0.15, 0.2) is 0 Å². The van der Waals surface area contributed by atoms with Crippen LogP contribution in [0.3, 0.4) is 0 Å². The van der Waals surface area contributed by atoms with Gasteiger partial charge < -0.3 is 9.47 Å². The second-order valence-electron chi connectivity index (χ2n) is 5.03. The Labute approximate surface area is 141 Å². The van der Waals surface area contributed by atoms with E-state index >= 15 is 0 Å². The van der Waals surface area contributed by atoms with Crippen LogP contribution in [0.15, 0.2) is 12.1 Å². The number of halogens is 3. The van der Waals surface area contributed by atoms with E-state index in [1.807, 2.05) is 34.1 Å². The summed E-state index contributed by atoms with van der Waals surface area (Å²) < 4.78 is 16.2. The number of hydrogen-bond acceptors (Lipinski definition) is 2. The van der Waals surface area contributed by atoms with Crippen LogP contribution in [0.2, 0.25) is 0 Å². The first-order valence-corrected chi connectivity index (χ1v) is 8.02. The smallest absolute Gasteiger partial charge is 0.223 e. The largest absolute Gasteiger partial charge is 0.349 e. The Balaban J connectivity index is 2.46. The number of aromatic nitrogens is 2. The summed E-state index contributed by atoms with van der Waals surface area (Å²) in [5, 5.41) is -0.312. The number of benzene rings is 1. The number of rotatable bonds is 4. The van der Waals surface area contributed by atoms with Gasteiger partial charge in [0.1, 0.15) is 11.6 Å². The van der Waals surface area contributed by atoms with Crippen molar-refractivity contribution in [2.75, 3.05) is 14.1 Å². The normalized spacial score (nSPS) is 12.7. The van der Waals surface area contributed by atoms with Gasteiger partial charge in [-0.2, -0.15) is 0 Å². The van der Waals surface area contributed by atoms with E-state index in [2.05, 4.69) is 4.98 Å². The second-order valence-corrected chi connectivity index (χ2v) is 6.85. The van der Waals surface area contributed by atoms with Crippen molar-refractivity contribution in [2.24, 2.45) is 0 Å². The van der Waals surface area contributed by atoms with Gasteiger partial charge in [0, 0.05) is 33.1 Å². The highest BCUT2D eigenvalue weighted by molar-refractivity contribution is 14.1. The third-order valence-electron chi connectivity index (χ3n) is 3.22. The van der Waals surface area contributed by atoms with Crippen LogP contribution in [0.1, 0.15) is 24.5 Å². The molecule has 0 aliphatic heterocycles. The van der Waals surface area contributed by atoms with Crippen LogP contribution < -0.4 is 0 Å². The number of aryl methyl sites for hydroxylation is 1. The van der Waals surface area contributed by atoms with Crippen LogP contribution in [0.25, 0.3) is 11.0 Å². The first kappa shape index (κ1) is 16.5. The molecule has 2 rings (SSSR count). The van der Waals surface area contributed by atoms with Crippen LogP contribution in [-0.2, 0) is 11.3 Å². The van der Waals surface area contributed by atoms with Crippen LogP contribution in [0, 0.1) is 9.39 Å².